The summed E-state index contributed by atoms with van der Waals surface area (Å²) in [4.78, 5) is 20.9. The second-order valence-electron chi connectivity index (χ2n) is 9.09. The van der Waals surface area contributed by atoms with Crippen molar-refractivity contribution in [1.29, 1.82) is 0 Å². The van der Waals surface area contributed by atoms with Crippen LogP contribution in [0.3, 0.4) is 0 Å². The Labute approximate surface area is 218 Å². The van der Waals surface area contributed by atoms with Crippen molar-refractivity contribution >= 4 is 32.8 Å². The van der Waals surface area contributed by atoms with Crippen molar-refractivity contribution in [3.63, 3.8) is 0 Å². The lowest BCUT2D eigenvalue weighted by molar-refractivity contribution is 0.183. The molecule has 2 unspecified atom stereocenters. The van der Waals surface area contributed by atoms with Crippen LogP contribution in [-0.2, 0) is 25.0 Å². The van der Waals surface area contributed by atoms with E-state index in [4.69, 9.17) is 4.74 Å². The summed E-state index contributed by atoms with van der Waals surface area (Å²) in [5, 5.41) is 0.747. The summed E-state index contributed by atoms with van der Waals surface area (Å²) in [6.45, 7) is 6.11. The van der Waals surface area contributed by atoms with E-state index >= 15 is 0 Å². The molecule has 1 fully saturated rings. The van der Waals surface area contributed by atoms with Gasteiger partial charge in [-0.1, -0.05) is 18.2 Å². The number of nitrogens with zero attached hydrogens (tertiary/aromatic N) is 4. The van der Waals surface area contributed by atoms with Crippen LogP contribution in [0, 0.1) is 0 Å². The third-order valence-corrected chi connectivity index (χ3v) is 8.78. The summed E-state index contributed by atoms with van der Waals surface area (Å²) in [5.74, 6) is 0.760. The van der Waals surface area contributed by atoms with E-state index in [-0.39, 0.29) is 11.7 Å². The van der Waals surface area contributed by atoms with Crippen LogP contribution < -0.4 is 10.3 Å². The number of hydrogen-bond acceptors (Lipinski definition) is 7. The number of piperazine rings is 1. The van der Waals surface area contributed by atoms with E-state index in [1.165, 1.54) is 0 Å². The van der Waals surface area contributed by atoms with E-state index < -0.39 is 11.4 Å². The van der Waals surface area contributed by atoms with Gasteiger partial charge in [-0.05, 0) is 42.8 Å². The SMILES string of the molecule is CC(Oc1cccc(-c2cn(C)c(=O)c3cc(CN4CCN([S+](C)[O-])CC4)sc23)c1)c1ccccn1. The minimum Gasteiger partial charge on any atom is -0.598 e. The second kappa shape index (κ2) is 10.7. The van der Waals surface area contributed by atoms with Gasteiger partial charge in [-0.25, -0.2) is 0 Å². The maximum atomic E-state index is 13.0. The van der Waals surface area contributed by atoms with E-state index in [1.807, 2.05) is 59.9 Å². The Kier molecular flexibility index (Phi) is 7.45. The fourth-order valence-corrected chi connectivity index (χ4v) is 6.47. The molecule has 1 aromatic carbocycles. The number of pyridine rings is 2. The number of aryl methyl sites for hydroxylation is 1. The molecule has 1 aliphatic heterocycles. The van der Waals surface area contributed by atoms with E-state index in [0.717, 1.165) is 70.3 Å². The van der Waals surface area contributed by atoms with Crippen LogP contribution in [0.15, 0.2) is 65.7 Å². The summed E-state index contributed by atoms with van der Waals surface area (Å²) < 4.78 is 22.6. The van der Waals surface area contributed by atoms with Gasteiger partial charge in [-0.2, -0.15) is 0 Å². The molecule has 0 bridgehead atoms. The third kappa shape index (κ3) is 5.35. The maximum Gasteiger partial charge on any atom is 0.259 e. The minimum absolute atomic E-state index is 0.0126. The van der Waals surface area contributed by atoms with Crippen LogP contribution in [0.2, 0.25) is 0 Å². The molecule has 2 atom stereocenters. The van der Waals surface area contributed by atoms with E-state index in [1.54, 1.807) is 35.4 Å². The summed E-state index contributed by atoms with van der Waals surface area (Å²) in [6, 6.07) is 15.9. The molecule has 0 spiro atoms. The molecule has 7 nitrogen and oxygen atoms in total. The average molecular weight is 523 g/mol. The second-order valence-corrected chi connectivity index (χ2v) is 11.6. The van der Waals surface area contributed by atoms with Crippen LogP contribution in [0.1, 0.15) is 23.6 Å². The summed E-state index contributed by atoms with van der Waals surface area (Å²) >= 11 is 0.758. The quantitative estimate of drug-likeness (QED) is 0.339. The largest absolute Gasteiger partial charge is 0.598 e. The monoisotopic (exact) mass is 522 g/mol. The summed E-state index contributed by atoms with van der Waals surface area (Å²) in [7, 11) is 1.80. The molecule has 0 saturated carbocycles. The molecule has 1 saturated heterocycles. The predicted octanol–water partition coefficient (Wildman–Crippen LogP) is 4.21. The van der Waals surface area contributed by atoms with E-state index in [9.17, 15) is 9.35 Å². The highest BCUT2D eigenvalue weighted by atomic mass is 32.2. The van der Waals surface area contributed by atoms with Gasteiger partial charge >= 0.3 is 0 Å². The van der Waals surface area contributed by atoms with Gasteiger partial charge in [0.25, 0.3) is 5.56 Å². The number of rotatable bonds is 7. The molecule has 1 aliphatic rings. The molecule has 188 valence electrons. The average Bonchev–Trinajstić information content (AvgIpc) is 3.31. The number of hydrogen-bond donors (Lipinski definition) is 0. The van der Waals surface area contributed by atoms with Crippen LogP contribution in [0.25, 0.3) is 21.2 Å². The first-order chi connectivity index (χ1) is 17.4. The van der Waals surface area contributed by atoms with Gasteiger partial charge in [0.05, 0.1) is 24.2 Å². The molecular weight excluding hydrogens is 492 g/mol. The first-order valence-corrected chi connectivity index (χ1v) is 14.3. The zero-order valence-electron chi connectivity index (χ0n) is 20.7. The zero-order valence-corrected chi connectivity index (χ0v) is 22.3. The Morgan fingerprint density at radius 2 is 1.94 bits per heavy atom. The highest BCUT2D eigenvalue weighted by Gasteiger charge is 2.23. The molecule has 0 amide bonds. The van der Waals surface area contributed by atoms with Gasteiger partial charge in [0.15, 0.2) is 0 Å². The Morgan fingerprint density at radius 3 is 2.67 bits per heavy atom. The topological polar surface area (TPSA) is 73.7 Å². The molecule has 0 aliphatic carbocycles. The number of thiophene rings is 1. The molecule has 3 aromatic heterocycles. The molecule has 4 heterocycles. The number of benzene rings is 1. The predicted molar refractivity (Wildman–Crippen MR) is 147 cm³/mol. The maximum absolute atomic E-state index is 13.0. The van der Waals surface area contributed by atoms with Crippen LogP contribution in [0.5, 0.6) is 5.75 Å². The van der Waals surface area contributed by atoms with Crippen LogP contribution in [0.4, 0.5) is 0 Å². The highest BCUT2D eigenvalue weighted by molar-refractivity contribution is 7.88. The van der Waals surface area contributed by atoms with Gasteiger partial charge in [0.2, 0.25) is 0 Å². The van der Waals surface area contributed by atoms with Gasteiger partial charge in [-0.3, -0.25) is 14.7 Å². The molecule has 5 rings (SSSR count). The Bertz CT molecular complexity index is 1400. The smallest absolute Gasteiger partial charge is 0.259 e. The Hall–Kier alpha value is -2.69. The lowest BCUT2D eigenvalue weighted by Crippen LogP contribution is -2.47. The van der Waals surface area contributed by atoms with Gasteiger partial charge in [-0.15, -0.1) is 15.6 Å². The van der Waals surface area contributed by atoms with Crippen molar-refractivity contribution < 1.29 is 9.29 Å². The van der Waals surface area contributed by atoms with Crippen LogP contribution in [-0.4, -0.2) is 55.7 Å². The first kappa shape index (κ1) is 25.0. The van der Waals surface area contributed by atoms with Crippen molar-refractivity contribution in [3.8, 4) is 16.9 Å². The van der Waals surface area contributed by atoms with Crippen molar-refractivity contribution in [2.45, 2.75) is 19.6 Å². The fraction of sp³-hybridized carbons (Fsp3) is 0.333. The summed E-state index contributed by atoms with van der Waals surface area (Å²) in [6.07, 6.45) is 5.24. The van der Waals surface area contributed by atoms with E-state index in [2.05, 4.69) is 16.0 Å². The molecule has 36 heavy (non-hydrogen) atoms. The van der Waals surface area contributed by atoms with Crippen molar-refractivity contribution in [2.75, 3.05) is 32.4 Å². The molecular formula is C27H30N4O3S2. The van der Waals surface area contributed by atoms with Crippen LogP contribution >= 0.6 is 11.3 Å². The van der Waals surface area contributed by atoms with Gasteiger partial charge < -0.3 is 13.9 Å². The van der Waals surface area contributed by atoms with Gasteiger partial charge in [0, 0.05) is 65.6 Å². The molecule has 0 radical (unpaired) electrons. The standard InChI is InChI=1S/C27H30N4O3S2/c1-19(25-9-4-5-10-28-25)34-21-8-6-7-20(15-21)24-18-29(2)27(32)23-16-22(35-26(23)24)17-30-11-13-31(14-12-30)36(3)33/h4-10,15-16,18-19H,11-14,17H2,1-3H3. The molecule has 4 aromatic rings. The van der Waals surface area contributed by atoms with Gasteiger partial charge in [0.1, 0.15) is 18.1 Å². The fourth-order valence-electron chi connectivity index (χ4n) is 4.57. The Morgan fingerprint density at radius 1 is 1.14 bits per heavy atom. The number of fused-ring (bicyclic) bond motifs is 1. The third-order valence-electron chi connectivity index (χ3n) is 6.54. The zero-order chi connectivity index (χ0) is 25.2. The normalized spacial score (nSPS) is 16.8. The summed E-state index contributed by atoms with van der Waals surface area (Å²) in [5.41, 5.74) is 2.92. The molecule has 0 N–H and O–H groups in total. The van der Waals surface area contributed by atoms with Crippen molar-refractivity contribution in [3.05, 3.63) is 81.8 Å². The number of aromatic nitrogens is 2. The Balaban J connectivity index is 1.42. The number of ether oxygens (including phenoxy) is 1. The lowest BCUT2D eigenvalue weighted by atomic mass is 10.1. The van der Waals surface area contributed by atoms with Crippen molar-refractivity contribution in [2.24, 2.45) is 7.05 Å². The molecule has 9 heteroatoms. The first-order valence-electron chi connectivity index (χ1n) is 12.0. The highest BCUT2D eigenvalue weighted by Crippen LogP contribution is 2.35. The lowest BCUT2D eigenvalue weighted by Gasteiger charge is -2.32. The van der Waals surface area contributed by atoms with E-state index in [0.29, 0.717) is 0 Å². The minimum atomic E-state index is -0.921. The van der Waals surface area contributed by atoms with Crippen molar-refractivity contribution in [1.82, 2.24) is 18.8 Å².